The molecule has 2 atom stereocenters. The van der Waals surface area contributed by atoms with E-state index in [0.29, 0.717) is 12.4 Å². The molecular weight excluding hydrogens is 366 g/mol. The fourth-order valence-electron chi connectivity index (χ4n) is 3.47. The van der Waals surface area contributed by atoms with Gasteiger partial charge in [0.2, 0.25) is 11.8 Å². The van der Waals surface area contributed by atoms with Gasteiger partial charge in [0.25, 0.3) is 0 Å². The van der Waals surface area contributed by atoms with Crippen molar-refractivity contribution in [1.82, 2.24) is 10.3 Å². The minimum atomic E-state index is -0.167. The molecule has 1 aliphatic heterocycles. The van der Waals surface area contributed by atoms with Crippen LogP contribution in [-0.4, -0.2) is 42.7 Å². The highest BCUT2D eigenvalue weighted by Crippen LogP contribution is 2.26. The van der Waals surface area contributed by atoms with Crippen LogP contribution < -0.4 is 19.7 Å². The second-order valence-corrected chi connectivity index (χ2v) is 7.68. The van der Waals surface area contributed by atoms with Crippen LogP contribution in [0.2, 0.25) is 0 Å². The number of hydrogen-bond acceptors (Lipinski definition) is 5. The molecule has 0 spiro atoms. The van der Waals surface area contributed by atoms with Crippen LogP contribution in [0.25, 0.3) is 0 Å². The topological polar surface area (TPSA) is 63.7 Å². The predicted octanol–water partition coefficient (Wildman–Crippen LogP) is 3.77. The summed E-state index contributed by atoms with van der Waals surface area (Å²) in [5, 5.41) is 2.86. The maximum atomic E-state index is 12.0. The lowest BCUT2D eigenvalue weighted by atomic mass is 10.0. The number of benzene rings is 1. The number of carbonyl (C=O) groups is 1. The van der Waals surface area contributed by atoms with Gasteiger partial charge in [-0.1, -0.05) is 12.1 Å². The van der Waals surface area contributed by atoms with Gasteiger partial charge in [-0.2, -0.15) is 0 Å². The van der Waals surface area contributed by atoms with Crippen LogP contribution in [0.1, 0.15) is 45.6 Å². The van der Waals surface area contributed by atoms with Gasteiger partial charge in [0.1, 0.15) is 11.9 Å². The Hall–Kier alpha value is -2.76. The first kappa shape index (κ1) is 21.0. The second kappa shape index (κ2) is 9.63. The van der Waals surface area contributed by atoms with Gasteiger partial charge in [-0.3, -0.25) is 4.79 Å². The highest BCUT2D eigenvalue weighted by atomic mass is 16.5. The van der Waals surface area contributed by atoms with E-state index in [1.54, 1.807) is 6.20 Å². The third-order valence-corrected chi connectivity index (χ3v) is 5.01. The molecular formula is C23H31N3O3. The number of nitrogens with one attached hydrogen (secondary N) is 1. The number of amides is 1. The van der Waals surface area contributed by atoms with Crippen molar-refractivity contribution in [1.29, 1.82) is 0 Å². The van der Waals surface area contributed by atoms with Gasteiger partial charge in [-0.25, -0.2) is 4.98 Å². The summed E-state index contributed by atoms with van der Waals surface area (Å²) in [4.78, 5) is 18.6. The Balaban J connectivity index is 1.57. The van der Waals surface area contributed by atoms with Crippen LogP contribution in [-0.2, 0) is 4.79 Å². The van der Waals surface area contributed by atoms with Gasteiger partial charge in [-0.15, -0.1) is 0 Å². The van der Waals surface area contributed by atoms with Crippen molar-refractivity contribution in [2.75, 3.05) is 24.5 Å². The molecule has 3 rings (SSSR count). The predicted molar refractivity (Wildman–Crippen MR) is 115 cm³/mol. The smallest absolute Gasteiger partial charge is 0.227 e. The average Bonchev–Trinajstić information content (AvgIpc) is 3.16. The third kappa shape index (κ3) is 5.62. The molecule has 6 heteroatoms. The quantitative estimate of drug-likeness (QED) is 0.735. The van der Waals surface area contributed by atoms with E-state index in [0.717, 1.165) is 36.5 Å². The summed E-state index contributed by atoms with van der Waals surface area (Å²) in [5.74, 6) is 1.37. The van der Waals surface area contributed by atoms with E-state index in [1.807, 2.05) is 64.1 Å². The number of nitrogens with zero attached hydrogens (tertiary/aromatic N) is 2. The highest BCUT2D eigenvalue weighted by Gasteiger charge is 2.25. The molecule has 1 fully saturated rings. The van der Waals surface area contributed by atoms with E-state index < -0.39 is 0 Å². The molecule has 1 aliphatic rings. The van der Waals surface area contributed by atoms with Crippen LogP contribution in [0.15, 0.2) is 42.6 Å². The summed E-state index contributed by atoms with van der Waals surface area (Å²) in [7, 11) is 0. The lowest BCUT2D eigenvalue weighted by Gasteiger charge is -2.20. The van der Waals surface area contributed by atoms with Gasteiger partial charge in [0.15, 0.2) is 0 Å². The summed E-state index contributed by atoms with van der Waals surface area (Å²) in [6.45, 7) is 10.2. The molecule has 0 saturated carbocycles. The number of anilines is 1. The van der Waals surface area contributed by atoms with Crippen LogP contribution in [0.3, 0.4) is 0 Å². The zero-order valence-electron chi connectivity index (χ0n) is 17.7. The Morgan fingerprint density at radius 2 is 2.00 bits per heavy atom. The van der Waals surface area contributed by atoms with Gasteiger partial charge in [0, 0.05) is 37.5 Å². The number of pyridine rings is 1. The molecule has 1 N–H and O–H groups in total. The minimum absolute atomic E-state index is 0.0470. The Labute approximate surface area is 173 Å². The molecule has 1 unspecified atom stereocenters. The summed E-state index contributed by atoms with van der Waals surface area (Å²) >= 11 is 0. The SMILES string of the molecule is CCNC(=O)C(C)c1ccc(O[C@@H]2CCN(c3ccnc(OC(C)C)c3)C2)cc1. The number of hydrogen-bond donors (Lipinski definition) is 1. The first-order valence-electron chi connectivity index (χ1n) is 10.4. The lowest BCUT2D eigenvalue weighted by molar-refractivity contribution is -0.122. The highest BCUT2D eigenvalue weighted by molar-refractivity contribution is 5.83. The number of ether oxygens (including phenoxy) is 2. The Morgan fingerprint density at radius 1 is 1.24 bits per heavy atom. The normalized spacial score (nSPS) is 17.3. The van der Waals surface area contributed by atoms with E-state index in [1.165, 1.54) is 0 Å². The summed E-state index contributed by atoms with van der Waals surface area (Å²) in [5.41, 5.74) is 2.10. The monoisotopic (exact) mass is 397 g/mol. The van der Waals surface area contributed by atoms with Crippen LogP contribution >= 0.6 is 0 Å². The largest absolute Gasteiger partial charge is 0.489 e. The van der Waals surface area contributed by atoms with Crippen LogP contribution in [0.4, 0.5) is 5.69 Å². The number of likely N-dealkylation sites (N-methyl/N-ethyl adjacent to an activating group) is 1. The summed E-state index contributed by atoms with van der Waals surface area (Å²) in [6.07, 6.45) is 2.98. The van der Waals surface area contributed by atoms with Gasteiger partial charge in [-0.05, 0) is 51.5 Å². The number of carbonyl (C=O) groups excluding carboxylic acids is 1. The van der Waals surface area contributed by atoms with E-state index in [-0.39, 0.29) is 24.0 Å². The van der Waals surface area contributed by atoms with Crippen LogP contribution in [0, 0.1) is 0 Å². The molecule has 156 valence electrons. The molecule has 0 bridgehead atoms. The fourth-order valence-corrected chi connectivity index (χ4v) is 3.47. The first-order valence-corrected chi connectivity index (χ1v) is 10.4. The van der Waals surface area contributed by atoms with Crippen LogP contribution in [0.5, 0.6) is 11.6 Å². The van der Waals surface area contributed by atoms with Gasteiger partial charge in [0.05, 0.1) is 18.6 Å². The minimum Gasteiger partial charge on any atom is -0.489 e. The average molecular weight is 398 g/mol. The molecule has 1 aromatic carbocycles. The standard InChI is InChI=1S/C23H31N3O3/c1-5-24-23(27)17(4)18-6-8-20(9-7-18)29-21-11-13-26(15-21)19-10-12-25-22(14-19)28-16(2)3/h6-10,12,14,16-17,21H,5,11,13,15H2,1-4H3,(H,24,27)/t17?,21-/m1/s1. The molecule has 1 amide bonds. The molecule has 2 heterocycles. The van der Waals surface area contributed by atoms with Gasteiger partial charge < -0.3 is 19.7 Å². The molecule has 29 heavy (non-hydrogen) atoms. The molecule has 6 nitrogen and oxygen atoms in total. The zero-order chi connectivity index (χ0) is 20.8. The van der Waals surface area contributed by atoms with Crippen molar-refractivity contribution in [2.24, 2.45) is 0 Å². The van der Waals surface area contributed by atoms with Crippen molar-refractivity contribution in [3.63, 3.8) is 0 Å². The maximum Gasteiger partial charge on any atom is 0.227 e. The number of rotatable bonds is 8. The lowest BCUT2D eigenvalue weighted by Crippen LogP contribution is -2.27. The maximum absolute atomic E-state index is 12.0. The Morgan fingerprint density at radius 3 is 2.69 bits per heavy atom. The molecule has 1 saturated heterocycles. The number of aromatic nitrogens is 1. The summed E-state index contributed by atoms with van der Waals surface area (Å²) in [6, 6.07) is 11.8. The molecule has 2 aromatic rings. The van der Waals surface area contributed by atoms with Crippen molar-refractivity contribution < 1.29 is 14.3 Å². The van der Waals surface area contributed by atoms with Crippen molar-refractivity contribution in [3.05, 3.63) is 48.2 Å². The Bertz CT molecular complexity index is 807. The molecule has 0 aliphatic carbocycles. The molecule has 0 radical (unpaired) electrons. The summed E-state index contributed by atoms with van der Waals surface area (Å²) < 4.78 is 11.9. The van der Waals surface area contributed by atoms with E-state index >= 15 is 0 Å². The Kier molecular flexibility index (Phi) is 6.96. The zero-order valence-corrected chi connectivity index (χ0v) is 17.7. The van der Waals surface area contributed by atoms with Gasteiger partial charge >= 0.3 is 0 Å². The van der Waals surface area contributed by atoms with Crippen molar-refractivity contribution >= 4 is 11.6 Å². The van der Waals surface area contributed by atoms with E-state index in [9.17, 15) is 4.79 Å². The molecule has 1 aromatic heterocycles. The van der Waals surface area contributed by atoms with Crippen molar-refractivity contribution in [3.8, 4) is 11.6 Å². The third-order valence-electron chi connectivity index (χ3n) is 5.01. The van der Waals surface area contributed by atoms with Crippen molar-refractivity contribution in [2.45, 2.75) is 52.2 Å². The fraction of sp³-hybridized carbons (Fsp3) is 0.478. The van der Waals surface area contributed by atoms with E-state index in [2.05, 4.69) is 15.2 Å². The first-order chi connectivity index (χ1) is 14.0. The van der Waals surface area contributed by atoms with E-state index in [4.69, 9.17) is 9.47 Å². The second-order valence-electron chi connectivity index (χ2n) is 7.68.